The van der Waals surface area contributed by atoms with Crippen molar-refractivity contribution < 1.29 is 4.74 Å². The first kappa shape index (κ1) is 10.5. The minimum absolute atomic E-state index is 0.166. The number of ether oxygens (including phenoxy) is 1. The van der Waals surface area contributed by atoms with Gasteiger partial charge in [-0.1, -0.05) is 0 Å². The third-order valence-electron chi connectivity index (χ3n) is 1.99. The van der Waals surface area contributed by atoms with Gasteiger partial charge in [-0.2, -0.15) is 0 Å². The summed E-state index contributed by atoms with van der Waals surface area (Å²) in [5.41, 5.74) is 1.91. The van der Waals surface area contributed by atoms with Crippen molar-refractivity contribution in [1.82, 2.24) is 9.38 Å². The van der Waals surface area contributed by atoms with E-state index in [0.29, 0.717) is 0 Å². The highest BCUT2D eigenvalue weighted by Gasteiger charge is 2.07. The minimum atomic E-state index is 0.166. The van der Waals surface area contributed by atoms with Crippen LogP contribution in [0.5, 0.6) is 5.75 Å². The lowest BCUT2D eigenvalue weighted by molar-refractivity contribution is 0.241. The second-order valence-electron chi connectivity index (χ2n) is 3.80. The Hall–Kier alpha value is -1.03. The Balaban J connectivity index is 2.51. The molecule has 0 saturated heterocycles. The van der Waals surface area contributed by atoms with Crippen molar-refractivity contribution in [3.8, 4) is 5.75 Å². The van der Waals surface area contributed by atoms with Crippen LogP contribution in [0.4, 0.5) is 0 Å². The lowest BCUT2D eigenvalue weighted by Crippen LogP contribution is -2.06. The van der Waals surface area contributed by atoms with Gasteiger partial charge in [0, 0.05) is 18.5 Å². The molecule has 2 aromatic heterocycles. The molecule has 4 heteroatoms. The Bertz CT molecular complexity index is 491. The topological polar surface area (TPSA) is 26.5 Å². The molecule has 0 spiro atoms. The Kier molecular flexibility index (Phi) is 2.69. The standard InChI is InChI=1S/C11H13BrN2O/c1-7(2)15-10-4-11-13-8(3)5-14(11)6-9(10)12/h4-7H,1-3H3. The van der Waals surface area contributed by atoms with Gasteiger partial charge in [0.05, 0.1) is 16.3 Å². The molecule has 15 heavy (non-hydrogen) atoms. The number of pyridine rings is 1. The van der Waals surface area contributed by atoms with Gasteiger partial charge >= 0.3 is 0 Å². The predicted molar refractivity (Wildman–Crippen MR) is 63.4 cm³/mol. The quantitative estimate of drug-likeness (QED) is 0.837. The first-order chi connectivity index (χ1) is 7.06. The molecular formula is C11H13BrN2O. The summed E-state index contributed by atoms with van der Waals surface area (Å²) in [6.07, 6.45) is 4.12. The fraction of sp³-hybridized carbons (Fsp3) is 0.364. The first-order valence-electron chi connectivity index (χ1n) is 4.88. The van der Waals surface area contributed by atoms with E-state index in [2.05, 4.69) is 20.9 Å². The summed E-state index contributed by atoms with van der Waals surface area (Å²) in [6.45, 7) is 5.99. The van der Waals surface area contributed by atoms with Gasteiger partial charge in [0.15, 0.2) is 0 Å². The molecule has 0 aliphatic carbocycles. The molecule has 0 bridgehead atoms. The normalized spacial score (nSPS) is 11.3. The Labute approximate surface area is 97.2 Å². The molecule has 80 valence electrons. The summed E-state index contributed by atoms with van der Waals surface area (Å²) in [5.74, 6) is 0.836. The second-order valence-corrected chi connectivity index (χ2v) is 4.65. The molecule has 0 fully saturated rings. The number of hydrogen-bond acceptors (Lipinski definition) is 2. The van der Waals surface area contributed by atoms with Gasteiger partial charge in [-0.05, 0) is 36.7 Å². The van der Waals surface area contributed by atoms with E-state index < -0.39 is 0 Å². The van der Waals surface area contributed by atoms with Crippen molar-refractivity contribution in [2.24, 2.45) is 0 Å². The summed E-state index contributed by atoms with van der Waals surface area (Å²) in [5, 5.41) is 0. The molecule has 0 atom stereocenters. The molecule has 0 aliphatic heterocycles. The number of fused-ring (bicyclic) bond motifs is 1. The van der Waals surface area contributed by atoms with Crippen LogP contribution in [0, 0.1) is 6.92 Å². The number of halogens is 1. The van der Waals surface area contributed by atoms with Crippen LogP contribution in [-0.4, -0.2) is 15.5 Å². The average Bonchev–Trinajstić information content (AvgIpc) is 2.44. The van der Waals surface area contributed by atoms with E-state index in [4.69, 9.17) is 4.74 Å². The van der Waals surface area contributed by atoms with Crippen LogP contribution in [0.2, 0.25) is 0 Å². The zero-order valence-corrected chi connectivity index (χ0v) is 10.6. The second kappa shape index (κ2) is 3.85. The minimum Gasteiger partial charge on any atom is -0.490 e. The van der Waals surface area contributed by atoms with E-state index in [1.54, 1.807) is 0 Å². The summed E-state index contributed by atoms with van der Waals surface area (Å²) in [7, 11) is 0. The fourth-order valence-corrected chi connectivity index (χ4v) is 1.89. The maximum atomic E-state index is 5.66. The van der Waals surface area contributed by atoms with Gasteiger partial charge in [0.25, 0.3) is 0 Å². The van der Waals surface area contributed by atoms with Gasteiger partial charge in [0.2, 0.25) is 0 Å². The highest BCUT2D eigenvalue weighted by atomic mass is 79.9. The van der Waals surface area contributed by atoms with Crippen LogP contribution in [0.3, 0.4) is 0 Å². The zero-order chi connectivity index (χ0) is 11.0. The zero-order valence-electron chi connectivity index (χ0n) is 8.99. The van der Waals surface area contributed by atoms with E-state index in [1.165, 1.54) is 0 Å². The smallest absolute Gasteiger partial charge is 0.140 e. The maximum absolute atomic E-state index is 5.66. The van der Waals surface area contributed by atoms with Crippen LogP contribution >= 0.6 is 15.9 Å². The molecule has 2 rings (SSSR count). The van der Waals surface area contributed by atoms with Gasteiger partial charge in [-0.15, -0.1) is 0 Å². The number of aromatic nitrogens is 2. The molecule has 0 N–H and O–H groups in total. The highest BCUT2D eigenvalue weighted by molar-refractivity contribution is 9.10. The molecule has 2 aromatic rings. The molecular weight excluding hydrogens is 256 g/mol. The number of imidazole rings is 1. The van der Waals surface area contributed by atoms with Crippen LogP contribution in [0.15, 0.2) is 22.9 Å². The Morgan fingerprint density at radius 2 is 2.13 bits per heavy atom. The Morgan fingerprint density at radius 1 is 1.40 bits per heavy atom. The molecule has 0 aromatic carbocycles. The van der Waals surface area contributed by atoms with Gasteiger partial charge in [0.1, 0.15) is 11.4 Å². The average molecular weight is 269 g/mol. The van der Waals surface area contributed by atoms with Gasteiger partial charge in [-0.25, -0.2) is 4.98 Å². The summed E-state index contributed by atoms with van der Waals surface area (Å²) in [6, 6.07) is 1.94. The monoisotopic (exact) mass is 268 g/mol. The molecule has 2 heterocycles. The predicted octanol–water partition coefficient (Wildman–Crippen LogP) is 3.19. The lowest BCUT2D eigenvalue weighted by atomic mass is 10.4. The molecule has 0 saturated carbocycles. The third-order valence-corrected chi connectivity index (χ3v) is 2.59. The number of nitrogens with zero attached hydrogens (tertiary/aromatic N) is 2. The molecule has 0 radical (unpaired) electrons. The third kappa shape index (κ3) is 2.15. The molecule has 0 amide bonds. The van der Waals surface area contributed by atoms with Crippen molar-refractivity contribution in [3.63, 3.8) is 0 Å². The van der Waals surface area contributed by atoms with E-state index >= 15 is 0 Å². The SMILES string of the molecule is Cc1cn2cc(Br)c(OC(C)C)cc2n1. The van der Waals surface area contributed by atoms with Crippen LogP contribution < -0.4 is 4.74 Å². The summed E-state index contributed by atoms with van der Waals surface area (Å²) < 4.78 is 8.59. The van der Waals surface area contributed by atoms with Crippen molar-refractivity contribution >= 4 is 21.6 Å². The van der Waals surface area contributed by atoms with E-state index in [-0.39, 0.29) is 6.10 Å². The molecule has 0 aliphatic rings. The maximum Gasteiger partial charge on any atom is 0.140 e. The van der Waals surface area contributed by atoms with Gasteiger partial charge in [-0.3, -0.25) is 0 Å². The van der Waals surface area contributed by atoms with E-state index in [1.807, 2.05) is 43.6 Å². The van der Waals surface area contributed by atoms with Crippen molar-refractivity contribution in [1.29, 1.82) is 0 Å². The van der Waals surface area contributed by atoms with E-state index in [9.17, 15) is 0 Å². The number of hydrogen-bond donors (Lipinski definition) is 0. The van der Waals surface area contributed by atoms with Crippen molar-refractivity contribution in [2.45, 2.75) is 26.9 Å². The molecule has 0 unspecified atom stereocenters. The number of rotatable bonds is 2. The molecule has 3 nitrogen and oxygen atoms in total. The van der Waals surface area contributed by atoms with E-state index in [0.717, 1.165) is 21.6 Å². The number of aryl methyl sites for hydroxylation is 1. The van der Waals surface area contributed by atoms with Crippen LogP contribution in [0.25, 0.3) is 5.65 Å². The highest BCUT2D eigenvalue weighted by Crippen LogP contribution is 2.27. The van der Waals surface area contributed by atoms with Crippen molar-refractivity contribution in [2.75, 3.05) is 0 Å². The van der Waals surface area contributed by atoms with Crippen LogP contribution in [0.1, 0.15) is 19.5 Å². The Morgan fingerprint density at radius 3 is 2.80 bits per heavy atom. The fourth-order valence-electron chi connectivity index (χ4n) is 1.46. The van der Waals surface area contributed by atoms with Gasteiger partial charge < -0.3 is 9.14 Å². The largest absolute Gasteiger partial charge is 0.490 e. The van der Waals surface area contributed by atoms with Crippen molar-refractivity contribution in [3.05, 3.63) is 28.6 Å². The van der Waals surface area contributed by atoms with Crippen LogP contribution in [-0.2, 0) is 0 Å². The first-order valence-corrected chi connectivity index (χ1v) is 5.67. The lowest BCUT2D eigenvalue weighted by Gasteiger charge is -2.11. The summed E-state index contributed by atoms with van der Waals surface area (Å²) >= 11 is 3.48. The summed E-state index contributed by atoms with van der Waals surface area (Å²) in [4.78, 5) is 4.38.